The number of thiazole rings is 1. The average Bonchev–Trinajstić information content (AvgIpc) is 2.67. The summed E-state index contributed by atoms with van der Waals surface area (Å²) in [5.74, 6) is 0.0292. The second-order valence-corrected chi connectivity index (χ2v) is 5.83. The second kappa shape index (κ2) is 8.15. The van der Waals surface area contributed by atoms with Gasteiger partial charge in [0.05, 0.1) is 0 Å². The number of rotatable bonds is 8. The molecule has 1 rings (SSSR count). The molecule has 0 aliphatic rings. The van der Waals surface area contributed by atoms with Gasteiger partial charge >= 0.3 is 4.87 Å². The van der Waals surface area contributed by atoms with Crippen molar-refractivity contribution in [3.05, 3.63) is 20.7 Å². The maximum absolute atomic E-state index is 11.8. The van der Waals surface area contributed by atoms with Gasteiger partial charge in [-0.15, -0.1) is 0 Å². The van der Waals surface area contributed by atoms with Crippen LogP contribution in [0.3, 0.4) is 0 Å². The van der Waals surface area contributed by atoms with Gasteiger partial charge in [0, 0.05) is 30.1 Å². The standard InChI is InChI=1S/C14H24N2O2S/c1-4-5-6-7-11(2)15-13(17)8-9-16-12(3)10-19-14(16)18/h10-11H,4-9H2,1-3H3,(H,15,17). The van der Waals surface area contributed by atoms with Crippen LogP contribution in [0.25, 0.3) is 0 Å². The lowest BCUT2D eigenvalue weighted by molar-refractivity contribution is -0.121. The number of hydrogen-bond acceptors (Lipinski definition) is 3. The molecule has 0 saturated carbocycles. The molecule has 0 aliphatic carbocycles. The molecule has 0 spiro atoms. The number of unbranched alkanes of at least 4 members (excludes halogenated alkanes) is 2. The maximum Gasteiger partial charge on any atom is 0.307 e. The Labute approximate surface area is 118 Å². The van der Waals surface area contributed by atoms with Gasteiger partial charge in [0.1, 0.15) is 0 Å². The molecule has 1 amide bonds. The molecule has 1 heterocycles. The molecule has 1 unspecified atom stereocenters. The molecule has 108 valence electrons. The van der Waals surface area contributed by atoms with E-state index >= 15 is 0 Å². The van der Waals surface area contributed by atoms with Gasteiger partial charge in [-0.2, -0.15) is 0 Å². The Kier molecular flexibility index (Phi) is 6.84. The Morgan fingerprint density at radius 1 is 1.47 bits per heavy atom. The molecule has 1 N–H and O–H groups in total. The van der Waals surface area contributed by atoms with E-state index in [1.54, 1.807) is 4.57 Å². The summed E-state index contributed by atoms with van der Waals surface area (Å²) >= 11 is 1.19. The topological polar surface area (TPSA) is 51.1 Å². The van der Waals surface area contributed by atoms with Crippen molar-refractivity contribution in [1.82, 2.24) is 9.88 Å². The van der Waals surface area contributed by atoms with Gasteiger partial charge < -0.3 is 9.88 Å². The molecule has 4 nitrogen and oxygen atoms in total. The molecule has 0 aliphatic heterocycles. The molecule has 0 saturated heterocycles. The predicted molar refractivity (Wildman–Crippen MR) is 79.7 cm³/mol. The lowest BCUT2D eigenvalue weighted by Gasteiger charge is -2.13. The minimum absolute atomic E-state index is 0.0151. The molecular formula is C14H24N2O2S. The quantitative estimate of drug-likeness (QED) is 0.746. The van der Waals surface area contributed by atoms with Crippen molar-refractivity contribution in [2.75, 3.05) is 0 Å². The molecule has 0 radical (unpaired) electrons. The number of hydrogen-bond donors (Lipinski definition) is 1. The number of carbonyl (C=O) groups excluding carboxylic acids is 1. The van der Waals surface area contributed by atoms with E-state index in [1.165, 1.54) is 24.2 Å². The highest BCUT2D eigenvalue weighted by Crippen LogP contribution is 2.04. The smallest absolute Gasteiger partial charge is 0.307 e. The van der Waals surface area contributed by atoms with Crippen molar-refractivity contribution < 1.29 is 4.79 Å². The molecule has 1 aromatic rings. The van der Waals surface area contributed by atoms with Crippen LogP contribution in [0, 0.1) is 6.92 Å². The zero-order valence-electron chi connectivity index (χ0n) is 12.1. The number of carbonyl (C=O) groups is 1. The summed E-state index contributed by atoms with van der Waals surface area (Å²) in [5.41, 5.74) is 0.929. The average molecular weight is 284 g/mol. The fourth-order valence-corrected chi connectivity index (χ4v) is 2.77. The lowest BCUT2D eigenvalue weighted by atomic mass is 10.1. The maximum atomic E-state index is 11.8. The van der Waals surface area contributed by atoms with Crippen molar-refractivity contribution in [3.8, 4) is 0 Å². The molecule has 5 heteroatoms. The van der Waals surface area contributed by atoms with Crippen LogP contribution in [0.1, 0.15) is 51.6 Å². The van der Waals surface area contributed by atoms with Gasteiger partial charge in [0.25, 0.3) is 0 Å². The largest absolute Gasteiger partial charge is 0.354 e. The molecule has 1 atom stereocenters. The first kappa shape index (κ1) is 16.0. The molecule has 19 heavy (non-hydrogen) atoms. The molecule has 0 aromatic carbocycles. The van der Waals surface area contributed by atoms with Gasteiger partial charge in [0.15, 0.2) is 0 Å². The Morgan fingerprint density at radius 3 is 2.79 bits per heavy atom. The van der Waals surface area contributed by atoms with E-state index in [0.717, 1.165) is 18.5 Å². The van der Waals surface area contributed by atoms with Crippen LogP contribution in [-0.2, 0) is 11.3 Å². The Hall–Kier alpha value is -1.10. The summed E-state index contributed by atoms with van der Waals surface area (Å²) in [5, 5.41) is 4.82. The van der Waals surface area contributed by atoms with E-state index in [2.05, 4.69) is 12.2 Å². The number of aryl methyl sites for hydroxylation is 1. The minimum Gasteiger partial charge on any atom is -0.354 e. The first-order chi connectivity index (χ1) is 9.04. The highest BCUT2D eigenvalue weighted by molar-refractivity contribution is 7.07. The lowest BCUT2D eigenvalue weighted by Crippen LogP contribution is -2.33. The van der Waals surface area contributed by atoms with E-state index in [-0.39, 0.29) is 16.8 Å². The van der Waals surface area contributed by atoms with E-state index in [0.29, 0.717) is 13.0 Å². The van der Waals surface area contributed by atoms with Gasteiger partial charge in [-0.05, 0) is 20.3 Å². The highest BCUT2D eigenvalue weighted by atomic mass is 32.1. The normalized spacial score (nSPS) is 12.4. The summed E-state index contributed by atoms with van der Waals surface area (Å²) in [6.07, 6.45) is 4.96. The highest BCUT2D eigenvalue weighted by Gasteiger charge is 2.09. The van der Waals surface area contributed by atoms with Crippen molar-refractivity contribution in [1.29, 1.82) is 0 Å². The fourth-order valence-electron chi connectivity index (χ4n) is 2.01. The van der Waals surface area contributed by atoms with Crippen LogP contribution in [0.5, 0.6) is 0 Å². The van der Waals surface area contributed by atoms with Crippen LogP contribution in [-0.4, -0.2) is 16.5 Å². The molecule has 0 fully saturated rings. The monoisotopic (exact) mass is 284 g/mol. The van der Waals surface area contributed by atoms with Crippen LogP contribution in [0.4, 0.5) is 0 Å². The van der Waals surface area contributed by atoms with Crippen LogP contribution in [0.15, 0.2) is 10.2 Å². The second-order valence-electron chi connectivity index (χ2n) is 5.01. The van der Waals surface area contributed by atoms with Crippen molar-refractivity contribution in [2.24, 2.45) is 0 Å². The Bertz CT molecular complexity index is 451. The number of nitrogens with one attached hydrogen (secondary N) is 1. The van der Waals surface area contributed by atoms with E-state index in [4.69, 9.17) is 0 Å². The fraction of sp³-hybridized carbons (Fsp3) is 0.714. The summed E-state index contributed by atoms with van der Waals surface area (Å²) in [6, 6.07) is 0.222. The predicted octanol–water partition coefficient (Wildman–Crippen LogP) is 2.69. The van der Waals surface area contributed by atoms with Crippen LogP contribution >= 0.6 is 11.3 Å². The van der Waals surface area contributed by atoms with E-state index < -0.39 is 0 Å². The molecular weight excluding hydrogens is 260 g/mol. The minimum atomic E-state index is 0.0151. The molecule has 1 aromatic heterocycles. The molecule has 0 bridgehead atoms. The van der Waals surface area contributed by atoms with Gasteiger partial charge in [-0.25, -0.2) is 0 Å². The SMILES string of the molecule is CCCCCC(C)NC(=O)CCn1c(C)csc1=O. The summed E-state index contributed by atoms with van der Waals surface area (Å²) in [4.78, 5) is 23.3. The summed E-state index contributed by atoms with van der Waals surface area (Å²) in [7, 11) is 0. The zero-order valence-corrected chi connectivity index (χ0v) is 12.9. The first-order valence-corrected chi connectivity index (χ1v) is 7.86. The third kappa shape index (κ3) is 5.59. The van der Waals surface area contributed by atoms with E-state index in [1.807, 2.05) is 19.2 Å². The van der Waals surface area contributed by atoms with Crippen LogP contribution < -0.4 is 10.2 Å². The van der Waals surface area contributed by atoms with Crippen LogP contribution in [0.2, 0.25) is 0 Å². The van der Waals surface area contributed by atoms with Crippen molar-refractivity contribution in [3.63, 3.8) is 0 Å². The zero-order chi connectivity index (χ0) is 14.3. The van der Waals surface area contributed by atoms with Gasteiger partial charge in [0.2, 0.25) is 5.91 Å². The summed E-state index contributed by atoms with van der Waals surface area (Å²) in [6.45, 7) is 6.57. The Balaban J connectivity index is 2.30. The van der Waals surface area contributed by atoms with Gasteiger partial charge in [-0.1, -0.05) is 37.5 Å². The number of nitrogens with zero attached hydrogens (tertiary/aromatic N) is 1. The van der Waals surface area contributed by atoms with Crippen molar-refractivity contribution in [2.45, 2.75) is 65.5 Å². The summed E-state index contributed by atoms with van der Waals surface area (Å²) < 4.78 is 1.66. The Morgan fingerprint density at radius 2 is 2.21 bits per heavy atom. The van der Waals surface area contributed by atoms with E-state index in [9.17, 15) is 9.59 Å². The number of aromatic nitrogens is 1. The van der Waals surface area contributed by atoms with Crippen molar-refractivity contribution >= 4 is 17.2 Å². The third-order valence-electron chi connectivity index (χ3n) is 3.19. The first-order valence-electron chi connectivity index (χ1n) is 6.99. The third-order valence-corrected chi connectivity index (χ3v) is 4.07. The van der Waals surface area contributed by atoms with Gasteiger partial charge in [-0.3, -0.25) is 9.59 Å². The number of amides is 1.